The zero-order chi connectivity index (χ0) is 19.8. The quantitative estimate of drug-likeness (QED) is 0.236. The first-order chi connectivity index (χ1) is 13.7. The van der Waals surface area contributed by atoms with E-state index in [1.165, 1.54) is 11.8 Å². The largest absolute Gasteiger partial charge is 0.494 e. The van der Waals surface area contributed by atoms with Crippen LogP contribution in [0.15, 0.2) is 66.6 Å². The maximum atomic E-state index is 12.2. The number of esters is 1. The number of aromatic nitrogens is 4. The molecular weight excluding hydrogens is 376 g/mol. The van der Waals surface area contributed by atoms with Crippen molar-refractivity contribution in [3.63, 3.8) is 0 Å². The Balaban J connectivity index is 1.64. The number of nitrogens with zero attached hydrogens (tertiary/aromatic N) is 4. The van der Waals surface area contributed by atoms with Crippen molar-refractivity contribution in [1.29, 1.82) is 0 Å². The van der Waals surface area contributed by atoms with Gasteiger partial charge in [-0.05, 0) is 43.3 Å². The van der Waals surface area contributed by atoms with Crippen LogP contribution in [0.2, 0.25) is 0 Å². The van der Waals surface area contributed by atoms with E-state index in [9.17, 15) is 4.79 Å². The number of carbonyl (C=O) groups excluding carboxylic acids is 1. The summed E-state index contributed by atoms with van der Waals surface area (Å²) in [7, 11) is 0. The van der Waals surface area contributed by atoms with Gasteiger partial charge in [-0.3, -0.25) is 14.3 Å². The lowest BCUT2D eigenvalue weighted by molar-refractivity contribution is -0.131. The second kappa shape index (κ2) is 9.70. The van der Waals surface area contributed by atoms with Crippen LogP contribution in [-0.4, -0.2) is 38.1 Å². The van der Waals surface area contributed by atoms with Crippen LogP contribution in [0.1, 0.15) is 6.92 Å². The molecule has 3 rings (SSSR count). The number of pyridine rings is 1. The molecule has 0 bridgehead atoms. The number of allylic oxidation sites excluding steroid dienone is 1. The summed E-state index contributed by atoms with van der Waals surface area (Å²) in [6.45, 7) is 6.81. The van der Waals surface area contributed by atoms with Crippen molar-refractivity contribution in [2.24, 2.45) is 0 Å². The van der Waals surface area contributed by atoms with Gasteiger partial charge in [0, 0.05) is 24.5 Å². The van der Waals surface area contributed by atoms with E-state index < -0.39 is 0 Å². The Labute approximate surface area is 167 Å². The number of hydrogen-bond donors (Lipinski definition) is 0. The molecule has 0 saturated heterocycles. The average molecular weight is 396 g/mol. The van der Waals surface area contributed by atoms with E-state index in [0.717, 1.165) is 11.3 Å². The van der Waals surface area contributed by atoms with Gasteiger partial charge in [-0.2, -0.15) is 0 Å². The van der Waals surface area contributed by atoms with E-state index >= 15 is 0 Å². The molecule has 2 aromatic heterocycles. The molecule has 0 amide bonds. The highest BCUT2D eigenvalue weighted by molar-refractivity contribution is 7.99. The molecule has 7 nitrogen and oxygen atoms in total. The van der Waals surface area contributed by atoms with Crippen molar-refractivity contribution in [2.75, 3.05) is 12.4 Å². The lowest BCUT2D eigenvalue weighted by Crippen LogP contribution is -2.11. The van der Waals surface area contributed by atoms with Gasteiger partial charge in [0.1, 0.15) is 11.5 Å². The van der Waals surface area contributed by atoms with E-state index in [1.807, 2.05) is 23.6 Å². The Bertz CT molecular complexity index is 926. The number of rotatable bonds is 9. The first-order valence-corrected chi connectivity index (χ1v) is 9.70. The highest BCUT2D eigenvalue weighted by Crippen LogP contribution is 2.24. The van der Waals surface area contributed by atoms with Crippen molar-refractivity contribution in [3.05, 3.63) is 61.4 Å². The summed E-state index contributed by atoms with van der Waals surface area (Å²) >= 11 is 1.27. The molecule has 0 saturated carbocycles. The van der Waals surface area contributed by atoms with Crippen molar-refractivity contribution in [1.82, 2.24) is 19.7 Å². The van der Waals surface area contributed by atoms with Crippen molar-refractivity contribution in [3.8, 4) is 22.9 Å². The molecule has 0 unspecified atom stereocenters. The number of hydrogen-bond acceptors (Lipinski definition) is 7. The van der Waals surface area contributed by atoms with Gasteiger partial charge in [0.2, 0.25) is 0 Å². The van der Waals surface area contributed by atoms with Crippen LogP contribution in [-0.2, 0) is 11.3 Å². The van der Waals surface area contributed by atoms with Crippen LogP contribution < -0.4 is 9.47 Å². The minimum absolute atomic E-state index is 0.110. The molecule has 0 radical (unpaired) electrons. The lowest BCUT2D eigenvalue weighted by atomic mass is 10.2. The third-order valence-electron chi connectivity index (χ3n) is 3.65. The fraction of sp³-hybridized carbons (Fsp3) is 0.200. The van der Waals surface area contributed by atoms with E-state index in [1.54, 1.807) is 42.7 Å². The minimum Gasteiger partial charge on any atom is -0.494 e. The molecule has 2 heterocycles. The Morgan fingerprint density at radius 1 is 1.14 bits per heavy atom. The molecule has 3 aromatic rings. The molecule has 8 heteroatoms. The van der Waals surface area contributed by atoms with Crippen molar-refractivity contribution < 1.29 is 14.3 Å². The topological polar surface area (TPSA) is 79.1 Å². The molecule has 0 fully saturated rings. The standard InChI is InChI=1S/C20H20N4O3S/c1-3-13-24-19(15-9-11-21-12-10-15)22-23-20(24)28-14-18(25)27-17-7-5-16(6-8-17)26-4-2/h3,5-12H,1,4,13-14H2,2H3. The van der Waals surface area contributed by atoms with E-state index in [4.69, 9.17) is 9.47 Å². The molecule has 0 spiro atoms. The highest BCUT2D eigenvalue weighted by Gasteiger charge is 2.15. The van der Waals surface area contributed by atoms with Gasteiger partial charge in [-0.25, -0.2) is 0 Å². The SMILES string of the molecule is C=CCn1c(SCC(=O)Oc2ccc(OCC)cc2)nnc1-c1ccncc1. The molecule has 0 atom stereocenters. The van der Waals surface area contributed by atoms with Gasteiger partial charge in [0.15, 0.2) is 11.0 Å². The number of thioether (sulfide) groups is 1. The Morgan fingerprint density at radius 2 is 1.86 bits per heavy atom. The molecule has 0 aliphatic carbocycles. The average Bonchev–Trinajstić information content (AvgIpc) is 3.12. The van der Waals surface area contributed by atoms with E-state index in [2.05, 4.69) is 21.8 Å². The second-order valence-corrected chi connectivity index (χ2v) is 6.55. The van der Waals surface area contributed by atoms with Crippen molar-refractivity contribution in [2.45, 2.75) is 18.6 Å². The van der Waals surface area contributed by atoms with Gasteiger partial charge in [-0.1, -0.05) is 17.8 Å². The van der Waals surface area contributed by atoms with Gasteiger partial charge in [0.05, 0.1) is 12.4 Å². The maximum absolute atomic E-state index is 12.2. The number of ether oxygens (including phenoxy) is 2. The summed E-state index contributed by atoms with van der Waals surface area (Å²) in [4.78, 5) is 16.2. The molecule has 0 aliphatic heterocycles. The third-order valence-corrected chi connectivity index (χ3v) is 4.59. The molecular formula is C20H20N4O3S. The van der Waals surface area contributed by atoms with Crippen LogP contribution in [0.25, 0.3) is 11.4 Å². The summed E-state index contributed by atoms with van der Waals surface area (Å²) in [6.07, 6.45) is 5.16. The number of benzene rings is 1. The summed E-state index contributed by atoms with van der Waals surface area (Å²) in [5.41, 5.74) is 0.896. The Kier molecular flexibility index (Phi) is 6.80. The fourth-order valence-electron chi connectivity index (χ4n) is 2.46. The smallest absolute Gasteiger partial charge is 0.321 e. The molecule has 28 heavy (non-hydrogen) atoms. The van der Waals surface area contributed by atoms with E-state index in [-0.39, 0.29) is 11.7 Å². The summed E-state index contributed by atoms with van der Waals surface area (Å²) in [5, 5.41) is 9.07. The first-order valence-electron chi connectivity index (χ1n) is 8.72. The molecule has 0 N–H and O–H groups in total. The normalized spacial score (nSPS) is 10.5. The summed E-state index contributed by atoms with van der Waals surface area (Å²) in [6, 6.07) is 10.7. The fourth-order valence-corrected chi connectivity index (χ4v) is 3.18. The summed E-state index contributed by atoms with van der Waals surface area (Å²) < 4.78 is 12.6. The molecule has 1 aromatic carbocycles. The predicted molar refractivity (Wildman–Crippen MR) is 107 cm³/mol. The lowest BCUT2D eigenvalue weighted by Gasteiger charge is -2.08. The zero-order valence-corrected chi connectivity index (χ0v) is 16.3. The number of carbonyl (C=O) groups is 1. The Hall–Kier alpha value is -3.13. The van der Waals surface area contributed by atoms with Crippen LogP contribution >= 0.6 is 11.8 Å². The molecule has 0 aliphatic rings. The first kappa shape index (κ1) is 19.6. The minimum atomic E-state index is -0.368. The van der Waals surface area contributed by atoms with Crippen LogP contribution in [0, 0.1) is 0 Å². The van der Waals surface area contributed by atoms with Gasteiger partial charge < -0.3 is 9.47 Å². The highest BCUT2D eigenvalue weighted by atomic mass is 32.2. The summed E-state index contributed by atoms with van der Waals surface area (Å²) in [5.74, 6) is 1.65. The van der Waals surface area contributed by atoms with Gasteiger partial charge >= 0.3 is 5.97 Å². The predicted octanol–water partition coefficient (Wildman–Crippen LogP) is 3.62. The zero-order valence-electron chi connectivity index (χ0n) is 15.4. The van der Waals surface area contributed by atoms with Crippen LogP contribution in [0.4, 0.5) is 0 Å². The van der Waals surface area contributed by atoms with Gasteiger partial charge in [0.25, 0.3) is 0 Å². The maximum Gasteiger partial charge on any atom is 0.321 e. The van der Waals surface area contributed by atoms with Gasteiger partial charge in [-0.15, -0.1) is 16.8 Å². The Morgan fingerprint density at radius 3 is 2.54 bits per heavy atom. The van der Waals surface area contributed by atoms with E-state index in [0.29, 0.717) is 29.9 Å². The molecule has 144 valence electrons. The van der Waals surface area contributed by atoms with Crippen LogP contribution in [0.3, 0.4) is 0 Å². The second-order valence-electron chi connectivity index (χ2n) is 5.61. The monoisotopic (exact) mass is 396 g/mol. The third kappa shape index (κ3) is 4.98. The van der Waals surface area contributed by atoms with Crippen LogP contribution in [0.5, 0.6) is 11.5 Å². The van der Waals surface area contributed by atoms with Crippen molar-refractivity contribution >= 4 is 17.7 Å².